The molecule has 0 saturated carbocycles. The van der Waals surface area contributed by atoms with Crippen LogP contribution in [0.3, 0.4) is 0 Å². The van der Waals surface area contributed by atoms with Gasteiger partial charge in [0.05, 0.1) is 12.9 Å². The van der Waals surface area contributed by atoms with Crippen molar-refractivity contribution in [1.82, 2.24) is 10.6 Å². The minimum Gasteiger partial charge on any atom is -0.469 e. The number of furan rings is 2. The molecule has 3 heterocycles. The van der Waals surface area contributed by atoms with E-state index in [4.69, 9.17) is 18.6 Å². The first-order valence-electron chi connectivity index (χ1n) is 9.89. The molecule has 0 spiro atoms. The quantitative estimate of drug-likeness (QED) is 0.283. The number of nitrogens with one attached hydrogen (secondary N) is 2. The van der Waals surface area contributed by atoms with Crippen LogP contribution < -0.4 is 10.6 Å². The SMILES string of the molecule is Cc1c(CN=C(NCCc2ccco2)NCC2CCOC2)oc2ccccc12.I. The lowest BCUT2D eigenvalue weighted by molar-refractivity contribution is 0.186. The highest BCUT2D eigenvalue weighted by Gasteiger charge is 2.16. The third kappa shape index (κ3) is 5.76. The Labute approximate surface area is 188 Å². The molecule has 0 amide bonds. The Bertz CT molecular complexity index is 915. The Kier molecular flexibility index (Phi) is 8.00. The van der Waals surface area contributed by atoms with E-state index in [0.29, 0.717) is 12.5 Å². The summed E-state index contributed by atoms with van der Waals surface area (Å²) in [5.74, 6) is 3.19. The third-order valence-corrected chi connectivity index (χ3v) is 5.15. The number of para-hydroxylation sites is 1. The topological polar surface area (TPSA) is 71.9 Å². The van der Waals surface area contributed by atoms with Crippen LogP contribution in [0.4, 0.5) is 0 Å². The number of ether oxygens (including phenoxy) is 1. The lowest BCUT2D eigenvalue weighted by atomic mass is 10.1. The van der Waals surface area contributed by atoms with Crippen molar-refractivity contribution in [2.45, 2.75) is 26.3 Å². The summed E-state index contributed by atoms with van der Waals surface area (Å²) in [5.41, 5.74) is 2.06. The van der Waals surface area contributed by atoms with E-state index in [1.807, 2.05) is 30.3 Å². The monoisotopic (exact) mass is 509 g/mol. The zero-order valence-electron chi connectivity index (χ0n) is 16.6. The summed E-state index contributed by atoms with van der Waals surface area (Å²) in [7, 11) is 0. The summed E-state index contributed by atoms with van der Waals surface area (Å²) in [4.78, 5) is 4.76. The number of halogens is 1. The maximum absolute atomic E-state index is 5.99. The molecule has 1 atom stereocenters. The fraction of sp³-hybridized carbons (Fsp3) is 0.409. The molecule has 4 rings (SSSR count). The second-order valence-corrected chi connectivity index (χ2v) is 7.18. The van der Waals surface area contributed by atoms with E-state index < -0.39 is 0 Å². The van der Waals surface area contributed by atoms with Gasteiger partial charge in [-0.15, -0.1) is 24.0 Å². The highest BCUT2D eigenvalue weighted by molar-refractivity contribution is 14.0. The summed E-state index contributed by atoms with van der Waals surface area (Å²) in [6.45, 7) is 5.85. The van der Waals surface area contributed by atoms with Gasteiger partial charge in [0.25, 0.3) is 0 Å². The van der Waals surface area contributed by atoms with Crippen LogP contribution in [0.2, 0.25) is 0 Å². The van der Waals surface area contributed by atoms with Crippen LogP contribution in [-0.4, -0.2) is 32.3 Å². The van der Waals surface area contributed by atoms with Crippen molar-refractivity contribution in [2.24, 2.45) is 10.9 Å². The van der Waals surface area contributed by atoms with Crippen LogP contribution >= 0.6 is 24.0 Å². The van der Waals surface area contributed by atoms with Crippen molar-refractivity contribution in [3.63, 3.8) is 0 Å². The van der Waals surface area contributed by atoms with Crippen LogP contribution in [0.15, 0.2) is 56.5 Å². The average molecular weight is 509 g/mol. The van der Waals surface area contributed by atoms with E-state index in [0.717, 1.165) is 73.2 Å². The summed E-state index contributed by atoms with van der Waals surface area (Å²) in [6.07, 6.45) is 3.60. The molecule has 1 unspecified atom stereocenters. The Morgan fingerprint density at radius 1 is 1.17 bits per heavy atom. The minimum atomic E-state index is 0. The van der Waals surface area contributed by atoms with Gasteiger partial charge in [-0.2, -0.15) is 0 Å². The van der Waals surface area contributed by atoms with Gasteiger partial charge in [0.2, 0.25) is 0 Å². The van der Waals surface area contributed by atoms with Gasteiger partial charge >= 0.3 is 0 Å². The normalized spacial score (nSPS) is 16.7. The fourth-order valence-electron chi connectivity index (χ4n) is 3.45. The minimum absolute atomic E-state index is 0. The molecular weight excluding hydrogens is 481 g/mol. The van der Waals surface area contributed by atoms with E-state index in [9.17, 15) is 0 Å². The molecule has 7 heteroatoms. The number of guanidine groups is 1. The van der Waals surface area contributed by atoms with E-state index in [1.54, 1.807) is 6.26 Å². The molecule has 1 saturated heterocycles. The fourth-order valence-corrected chi connectivity index (χ4v) is 3.45. The number of fused-ring (bicyclic) bond motifs is 1. The van der Waals surface area contributed by atoms with Crippen LogP contribution in [0.1, 0.15) is 23.5 Å². The molecule has 0 bridgehead atoms. The third-order valence-electron chi connectivity index (χ3n) is 5.15. The first kappa shape index (κ1) is 21.7. The largest absolute Gasteiger partial charge is 0.469 e. The molecule has 6 nitrogen and oxygen atoms in total. The number of nitrogens with zero attached hydrogens (tertiary/aromatic N) is 1. The van der Waals surface area contributed by atoms with Gasteiger partial charge in [-0.3, -0.25) is 0 Å². The van der Waals surface area contributed by atoms with Gasteiger partial charge in [-0.25, -0.2) is 4.99 Å². The summed E-state index contributed by atoms with van der Waals surface area (Å²) in [5, 5.41) is 8.00. The van der Waals surface area contributed by atoms with Crippen LogP contribution in [0.25, 0.3) is 11.0 Å². The maximum Gasteiger partial charge on any atom is 0.191 e. The second kappa shape index (κ2) is 10.7. The number of rotatable bonds is 7. The molecule has 2 N–H and O–H groups in total. The van der Waals surface area contributed by atoms with Gasteiger partial charge in [0.15, 0.2) is 5.96 Å². The van der Waals surface area contributed by atoms with E-state index in [1.165, 1.54) is 0 Å². The molecule has 1 fully saturated rings. The molecular formula is C22H28IN3O3. The highest BCUT2D eigenvalue weighted by Crippen LogP contribution is 2.25. The van der Waals surface area contributed by atoms with Crippen LogP contribution in [0, 0.1) is 12.8 Å². The van der Waals surface area contributed by atoms with E-state index in [2.05, 4.69) is 23.6 Å². The van der Waals surface area contributed by atoms with Crippen LogP contribution in [0.5, 0.6) is 0 Å². The van der Waals surface area contributed by atoms with Crippen molar-refractivity contribution in [1.29, 1.82) is 0 Å². The predicted molar refractivity (Wildman–Crippen MR) is 125 cm³/mol. The number of aliphatic imine (C=N–C) groups is 1. The van der Waals surface area contributed by atoms with Gasteiger partial charge in [-0.05, 0) is 31.5 Å². The van der Waals surface area contributed by atoms with Crippen molar-refractivity contribution in [2.75, 3.05) is 26.3 Å². The molecule has 1 aliphatic heterocycles. The zero-order valence-corrected chi connectivity index (χ0v) is 19.0. The van der Waals surface area contributed by atoms with Crippen molar-refractivity contribution in [3.05, 3.63) is 59.7 Å². The zero-order chi connectivity index (χ0) is 19.2. The summed E-state index contributed by atoms with van der Waals surface area (Å²) in [6, 6.07) is 12.0. The molecule has 3 aromatic rings. The summed E-state index contributed by atoms with van der Waals surface area (Å²) >= 11 is 0. The van der Waals surface area contributed by atoms with Gasteiger partial charge < -0.3 is 24.2 Å². The summed E-state index contributed by atoms with van der Waals surface area (Å²) < 4.78 is 16.9. The Morgan fingerprint density at radius 2 is 2.07 bits per heavy atom. The van der Waals surface area contributed by atoms with Gasteiger partial charge in [0.1, 0.15) is 23.6 Å². The lowest BCUT2D eigenvalue weighted by Gasteiger charge is -2.14. The average Bonchev–Trinajstić information content (AvgIpc) is 3.46. The molecule has 0 aliphatic carbocycles. The standard InChI is InChI=1S/C22H27N3O3.HI/c1-16-19-6-2-3-7-20(19)28-21(16)14-25-22(24-13-17-9-12-26-15-17)23-10-8-18-5-4-11-27-18;/h2-7,11,17H,8-10,12-15H2,1H3,(H2,23,24,25);1H. The Balaban J connectivity index is 0.00000240. The van der Waals surface area contributed by atoms with Gasteiger partial charge in [0, 0.05) is 43.0 Å². The number of aryl methyl sites for hydroxylation is 1. The molecule has 1 aromatic carbocycles. The van der Waals surface area contributed by atoms with Crippen molar-refractivity contribution in [3.8, 4) is 0 Å². The lowest BCUT2D eigenvalue weighted by Crippen LogP contribution is -2.40. The predicted octanol–water partition coefficient (Wildman–Crippen LogP) is 4.27. The molecule has 2 aromatic heterocycles. The van der Waals surface area contributed by atoms with E-state index in [-0.39, 0.29) is 24.0 Å². The Morgan fingerprint density at radius 3 is 2.83 bits per heavy atom. The number of benzene rings is 1. The second-order valence-electron chi connectivity index (χ2n) is 7.18. The number of hydrogen-bond acceptors (Lipinski definition) is 4. The smallest absolute Gasteiger partial charge is 0.191 e. The van der Waals surface area contributed by atoms with Crippen LogP contribution in [-0.2, 0) is 17.7 Å². The van der Waals surface area contributed by atoms with Crippen molar-refractivity contribution >= 4 is 40.9 Å². The number of hydrogen-bond donors (Lipinski definition) is 2. The first-order chi connectivity index (χ1) is 13.8. The highest BCUT2D eigenvalue weighted by atomic mass is 127. The van der Waals surface area contributed by atoms with Crippen molar-refractivity contribution < 1.29 is 13.6 Å². The molecule has 29 heavy (non-hydrogen) atoms. The maximum atomic E-state index is 5.99. The molecule has 156 valence electrons. The van der Waals surface area contributed by atoms with E-state index >= 15 is 0 Å². The van der Waals surface area contributed by atoms with Gasteiger partial charge in [-0.1, -0.05) is 18.2 Å². The Hall–Kier alpha value is -2.00. The molecule has 1 aliphatic rings. The molecule has 0 radical (unpaired) electrons. The first-order valence-corrected chi connectivity index (χ1v) is 9.89.